The molecule has 1 N–H and O–H groups in total. The van der Waals surface area contributed by atoms with E-state index in [4.69, 9.17) is 0 Å². The molecule has 2 aromatic carbocycles. The Balaban J connectivity index is 1.94. The fourth-order valence-electron chi connectivity index (χ4n) is 2.22. The number of rotatable bonds is 5. The molecule has 0 radical (unpaired) electrons. The van der Waals surface area contributed by atoms with Gasteiger partial charge in [0.25, 0.3) is 10.0 Å². The molecule has 0 saturated heterocycles. The number of anilines is 1. The molecular weight excluding hydrogens is 336 g/mol. The molecule has 0 aliphatic carbocycles. The molecule has 0 aliphatic rings. The Morgan fingerprint density at radius 3 is 2.58 bits per heavy atom. The predicted molar refractivity (Wildman–Crippen MR) is 84.9 cm³/mol. The van der Waals surface area contributed by atoms with E-state index in [1.807, 2.05) is 0 Å². The van der Waals surface area contributed by atoms with Gasteiger partial charge in [0.15, 0.2) is 11.6 Å². The van der Waals surface area contributed by atoms with Gasteiger partial charge in [0.05, 0.1) is 12.2 Å². The number of sulfonamides is 1. The maximum absolute atomic E-state index is 13.8. The molecule has 124 valence electrons. The first-order chi connectivity index (χ1) is 11.5. The van der Waals surface area contributed by atoms with Crippen molar-refractivity contribution in [2.24, 2.45) is 0 Å². The van der Waals surface area contributed by atoms with Crippen molar-refractivity contribution in [3.05, 3.63) is 78.1 Å². The molecule has 0 bridgehead atoms. The van der Waals surface area contributed by atoms with Crippen molar-refractivity contribution in [3.8, 4) is 0 Å². The van der Waals surface area contributed by atoms with Crippen LogP contribution < -0.4 is 4.72 Å². The van der Waals surface area contributed by atoms with Crippen LogP contribution >= 0.6 is 0 Å². The lowest BCUT2D eigenvalue weighted by atomic mass is 10.2. The van der Waals surface area contributed by atoms with Gasteiger partial charge in [-0.15, -0.1) is 0 Å². The van der Waals surface area contributed by atoms with E-state index >= 15 is 0 Å². The van der Waals surface area contributed by atoms with Crippen molar-refractivity contribution >= 4 is 15.7 Å². The minimum Gasteiger partial charge on any atom is -0.279 e. The van der Waals surface area contributed by atoms with Gasteiger partial charge in [-0.2, -0.15) is 5.10 Å². The van der Waals surface area contributed by atoms with Crippen LogP contribution in [0.1, 0.15) is 5.56 Å². The van der Waals surface area contributed by atoms with E-state index in [0.29, 0.717) is 12.1 Å². The Morgan fingerprint density at radius 2 is 1.83 bits per heavy atom. The van der Waals surface area contributed by atoms with Gasteiger partial charge < -0.3 is 0 Å². The number of nitrogens with one attached hydrogen (secondary N) is 1. The number of hydrogen-bond donors (Lipinski definition) is 1. The van der Waals surface area contributed by atoms with E-state index in [0.717, 1.165) is 18.2 Å². The number of para-hydroxylation sites is 1. The zero-order chi connectivity index (χ0) is 17.2. The molecule has 0 saturated carbocycles. The summed E-state index contributed by atoms with van der Waals surface area (Å²) < 4.78 is 55.8. The van der Waals surface area contributed by atoms with E-state index < -0.39 is 26.6 Å². The van der Waals surface area contributed by atoms with Crippen LogP contribution in [0.3, 0.4) is 0 Å². The third kappa shape index (κ3) is 3.28. The second kappa shape index (κ2) is 6.40. The van der Waals surface area contributed by atoms with Crippen molar-refractivity contribution in [1.29, 1.82) is 0 Å². The molecule has 0 unspecified atom stereocenters. The summed E-state index contributed by atoms with van der Waals surface area (Å²) in [5, 5.41) is 4.06. The smallest absolute Gasteiger partial charge is 0.264 e. The molecule has 3 rings (SSSR count). The fourth-order valence-corrected chi connectivity index (χ4v) is 3.41. The molecule has 0 fully saturated rings. The molecule has 3 aromatic rings. The molecule has 0 atom stereocenters. The van der Waals surface area contributed by atoms with Crippen molar-refractivity contribution < 1.29 is 17.2 Å². The van der Waals surface area contributed by atoms with Crippen molar-refractivity contribution in [1.82, 2.24) is 9.78 Å². The second-order valence-corrected chi connectivity index (χ2v) is 6.67. The number of hydrogen-bond acceptors (Lipinski definition) is 3. The Morgan fingerprint density at radius 1 is 1.04 bits per heavy atom. The molecule has 1 aromatic heterocycles. The zero-order valence-electron chi connectivity index (χ0n) is 12.4. The van der Waals surface area contributed by atoms with Crippen LogP contribution in [0.15, 0.2) is 65.8 Å². The van der Waals surface area contributed by atoms with Gasteiger partial charge in [0, 0.05) is 12.4 Å². The third-order valence-electron chi connectivity index (χ3n) is 3.36. The summed E-state index contributed by atoms with van der Waals surface area (Å²) >= 11 is 0. The van der Waals surface area contributed by atoms with Gasteiger partial charge in [-0.3, -0.25) is 9.40 Å². The quantitative estimate of drug-likeness (QED) is 0.770. The summed E-state index contributed by atoms with van der Waals surface area (Å²) in [5.74, 6) is -2.63. The SMILES string of the molecule is O=S(=O)(Nc1ccccc1Cn1cccn1)c1cccc(F)c1F. The highest BCUT2D eigenvalue weighted by molar-refractivity contribution is 7.92. The third-order valence-corrected chi connectivity index (χ3v) is 4.74. The fraction of sp³-hybridized carbons (Fsp3) is 0.0625. The van der Waals surface area contributed by atoms with Gasteiger partial charge >= 0.3 is 0 Å². The molecule has 8 heteroatoms. The molecular formula is C16H13F2N3O2S. The molecule has 1 heterocycles. The monoisotopic (exact) mass is 349 g/mol. The van der Waals surface area contributed by atoms with E-state index in [-0.39, 0.29) is 5.69 Å². The lowest BCUT2D eigenvalue weighted by Crippen LogP contribution is -2.17. The summed E-state index contributed by atoms with van der Waals surface area (Å²) in [7, 11) is -4.26. The molecule has 0 amide bonds. The first kappa shape index (κ1) is 16.1. The highest BCUT2D eigenvalue weighted by Gasteiger charge is 2.22. The normalized spacial score (nSPS) is 11.4. The molecule has 0 aliphatic heterocycles. The van der Waals surface area contributed by atoms with E-state index in [2.05, 4.69) is 9.82 Å². The van der Waals surface area contributed by atoms with Gasteiger partial charge in [0.1, 0.15) is 4.90 Å². The Bertz CT molecular complexity index is 957. The average molecular weight is 349 g/mol. The van der Waals surface area contributed by atoms with Crippen LogP contribution in [0.4, 0.5) is 14.5 Å². The van der Waals surface area contributed by atoms with Crippen molar-refractivity contribution in [2.45, 2.75) is 11.4 Å². The summed E-state index contributed by atoms with van der Waals surface area (Å²) in [6.07, 6.45) is 3.34. The Labute approximate surface area is 137 Å². The lowest BCUT2D eigenvalue weighted by molar-refractivity contribution is 0.485. The van der Waals surface area contributed by atoms with Crippen LogP contribution in [-0.2, 0) is 16.6 Å². The minimum atomic E-state index is -4.26. The first-order valence-electron chi connectivity index (χ1n) is 6.99. The van der Waals surface area contributed by atoms with Crippen LogP contribution in [0.5, 0.6) is 0 Å². The number of nitrogens with zero attached hydrogens (tertiary/aromatic N) is 2. The second-order valence-electron chi connectivity index (χ2n) is 5.02. The summed E-state index contributed by atoms with van der Waals surface area (Å²) in [5.41, 5.74) is 0.915. The average Bonchev–Trinajstić information content (AvgIpc) is 3.04. The van der Waals surface area contributed by atoms with Crippen LogP contribution in [0.2, 0.25) is 0 Å². The minimum absolute atomic E-state index is 0.275. The van der Waals surface area contributed by atoms with Crippen LogP contribution in [-0.4, -0.2) is 18.2 Å². The topological polar surface area (TPSA) is 64.0 Å². The first-order valence-corrected chi connectivity index (χ1v) is 8.48. The van der Waals surface area contributed by atoms with Crippen molar-refractivity contribution in [3.63, 3.8) is 0 Å². The summed E-state index contributed by atoms with van der Waals surface area (Å²) in [4.78, 5) is -0.739. The van der Waals surface area contributed by atoms with Gasteiger partial charge in [-0.25, -0.2) is 17.2 Å². The Hall–Kier alpha value is -2.74. The predicted octanol–water partition coefficient (Wildman–Crippen LogP) is 3.01. The highest BCUT2D eigenvalue weighted by atomic mass is 32.2. The van der Waals surface area contributed by atoms with Gasteiger partial charge in [0.2, 0.25) is 0 Å². The van der Waals surface area contributed by atoms with E-state index in [1.165, 1.54) is 0 Å². The lowest BCUT2D eigenvalue weighted by Gasteiger charge is -2.13. The highest BCUT2D eigenvalue weighted by Crippen LogP contribution is 2.23. The number of aromatic nitrogens is 2. The molecule has 5 nitrogen and oxygen atoms in total. The molecule has 24 heavy (non-hydrogen) atoms. The van der Waals surface area contributed by atoms with E-state index in [1.54, 1.807) is 47.4 Å². The number of benzene rings is 2. The van der Waals surface area contributed by atoms with Crippen molar-refractivity contribution in [2.75, 3.05) is 4.72 Å². The van der Waals surface area contributed by atoms with Crippen LogP contribution in [0, 0.1) is 11.6 Å². The Kier molecular flexibility index (Phi) is 4.30. The zero-order valence-corrected chi connectivity index (χ0v) is 13.2. The molecule has 0 spiro atoms. The maximum atomic E-state index is 13.8. The summed E-state index contributed by atoms with van der Waals surface area (Å²) in [6, 6.07) is 11.4. The largest absolute Gasteiger partial charge is 0.279 e. The summed E-state index contributed by atoms with van der Waals surface area (Å²) in [6.45, 7) is 0.331. The van der Waals surface area contributed by atoms with Gasteiger partial charge in [-0.1, -0.05) is 24.3 Å². The standard InChI is InChI=1S/C16H13F2N3O2S/c17-13-6-3-8-15(16(13)18)24(22,23)20-14-7-2-1-5-12(14)11-21-10-4-9-19-21/h1-10,20H,11H2. The van der Waals surface area contributed by atoms with Gasteiger partial charge in [-0.05, 0) is 29.8 Å². The van der Waals surface area contributed by atoms with E-state index in [9.17, 15) is 17.2 Å². The number of halogens is 2. The van der Waals surface area contributed by atoms with Crippen LogP contribution in [0.25, 0.3) is 0 Å². The maximum Gasteiger partial charge on any atom is 0.264 e.